The molecule has 0 radical (unpaired) electrons. The molecular weight excluding hydrogens is 404 g/mol. The molecule has 1 aromatic heterocycles. The number of likely N-dealkylation sites (tertiary alicyclic amines) is 1. The molecule has 2 fully saturated rings. The van der Waals surface area contributed by atoms with Gasteiger partial charge in [0, 0.05) is 42.5 Å². The van der Waals surface area contributed by atoms with E-state index in [1.54, 1.807) is 24.5 Å². The van der Waals surface area contributed by atoms with Gasteiger partial charge in [-0.25, -0.2) is 0 Å². The molecule has 2 aliphatic rings. The zero-order valence-electron chi connectivity index (χ0n) is 17.8. The Hall–Kier alpha value is -3.61. The molecule has 2 aromatic carbocycles. The van der Waals surface area contributed by atoms with Crippen LogP contribution in [0.5, 0.6) is 5.75 Å². The molecular formula is C25H26N4O3. The number of phenolic OH excluding ortho intramolecular Hbond substituents is 1. The Morgan fingerprint density at radius 2 is 2.00 bits per heavy atom. The SMILES string of the molecule is Nc1ccc(C(=O)N2CC3(CCC3)CC2CNC(=O)c2cncc3ccccc23)cc1O. The van der Waals surface area contributed by atoms with E-state index >= 15 is 0 Å². The van der Waals surface area contributed by atoms with Crippen LogP contribution in [0.15, 0.2) is 54.9 Å². The summed E-state index contributed by atoms with van der Waals surface area (Å²) in [6, 6.07) is 12.2. The summed E-state index contributed by atoms with van der Waals surface area (Å²) >= 11 is 0. The summed E-state index contributed by atoms with van der Waals surface area (Å²) in [5.41, 5.74) is 7.01. The molecule has 1 unspecified atom stereocenters. The lowest BCUT2D eigenvalue weighted by Crippen LogP contribution is -2.43. The van der Waals surface area contributed by atoms with E-state index in [4.69, 9.17) is 5.73 Å². The molecule has 7 heteroatoms. The van der Waals surface area contributed by atoms with Crippen molar-refractivity contribution in [2.75, 3.05) is 18.8 Å². The average molecular weight is 431 g/mol. The summed E-state index contributed by atoms with van der Waals surface area (Å²) in [5.74, 6) is -0.432. The van der Waals surface area contributed by atoms with Gasteiger partial charge in [0.2, 0.25) is 0 Å². The van der Waals surface area contributed by atoms with E-state index in [1.165, 1.54) is 12.5 Å². The maximum Gasteiger partial charge on any atom is 0.254 e. The van der Waals surface area contributed by atoms with Crippen molar-refractivity contribution in [1.82, 2.24) is 15.2 Å². The Morgan fingerprint density at radius 3 is 2.75 bits per heavy atom. The third-order valence-corrected chi connectivity index (χ3v) is 6.98. The van der Waals surface area contributed by atoms with Crippen molar-refractivity contribution in [3.8, 4) is 5.75 Å². The van der Waals surface area contributed by atoms with Crippen LogP contribution in [-0.2, 0) is 0 Å². The second-order valence-corrected chi connectivity index (χ2v) is 9.04. The number of aromatic hydroxyl groups is 1. The lowest BCUT2D eigenvalue weighted by atomic mass is 9.67. The Bertz CT molecular complexity index is 1200. The highest BCUT2D eigenvalue weighted by Gasteiger charge is 2.49. The standard InChI is InChI=1S/C25H26N4O3/c26-21-7-6-16(10-22(21)30)24(32)29-15-25(8-3-9-25)11-18(29)13-28-23(31)20-14-27-12-17-4-1-2-5-19(17)20/h1-2,4-7,10,12,14,18,30H,3,8-9,11,13,15,26H2,(H,28,31). The number of benzene rings is 2. The number of phenols is 1. The number of aromatic nitrogens is 1. The summed E-state index contributed by atoms with van der Waals surface area (Å²) in [4.78, 5) is 32.3. The number of rotatable bonds is 4. The van der Waals surface area contributed by atoms with Gasteiger partial charge in [-0.3, -0.25) is 14.6 Å². The number of fused-ring (bicyclic) bond motifs is 1. The Kier molecular flexibility index (Phi) is 4.96. The van der Waals surface area contributed by atoms with Gasteiger partial charge in [-0.1, -0.05) is 30.7 Å². The minimum atomic E-state index is -0.193. The van der Waals surface area contributed by atoms with Crippen molar-refractivity contribution < 1.29 is 14.7 Å². The van der Waals surface area contributed by atoms with Gasteiger partial charge in [-0.2, -0.15) is 0 Å². The van der Waals surface area contributed by atoms with Crippen LogP contribution in [0.3, 0.4) is 0 Å². The molecule has 3 aromatic rings. The highest BCUT2D eigenvalue weighted by molar-refractivity contribution is 6.06. The number of anilines is 1. The van der Waals surface area contributed by atoms with Crippen LogP contribution in [0, 0.1) is 5.41 Å². The van der Waals surface area contributed by atoms with Crippen LogP contribution in [0.25, 0.3) is 10.8 Å². The van der Waals surface area contributed by atoms with E-state index in [0.29, 0.717) is 24.2 Å². The summed E-state index contributed by atoms with van der Waals surface area (Å²) in [6.07, 6.45) is 7.56. The molecule has 0 bridgehead atoms. The Labute approximate surface area is 186 Å². The van der Waals surface area contributed by atoms with Crippen LogP contribution in [0.1, 0.15) is 46.4 Å². The van der Waals surface area contributed by atoms with Gasteiger partial charge < -0.3 is 21.1 Å². The van der Waals surface area contributed by atoms with Crippen molar-refractivity contribution in [3.05, 3.63) is 66.0 Å². The first-order valence-electron chi connectivity index (χ1n) is 11.0. The van der Waals surface area contributed by atoms with Crippen LogP contribution >= 0.6 is 0 Å². The van der Waals surface area contributed by atoms with Crippen molar-refractivity contribution in [2.24, 2.45) is 5.41 Å². The molecule has 164 valence electrons. The number of pyridine rings is 1. The van der Waals surface area contributed by atoms with Crippen LogP contribution in [0.4, 0.5) is 5.69 Å². The largest absolute Gasteiger partial charge is 0.506 e. The Morgan fingerprint density at radius 1 is 1.19 bits per heavy atom. The molecule has 2 amide bonds. The number of amides is 2. The van der Waals surface area contributed by atoms with Crippen LogP contribution in [-0.4, -0.2) is 45.9 Å². The zero-order chi connectivity index (χ0) is 22.3. The zero-order valence-corrected chi connectivity index (χ0v) is 17.8. The van der Waals surface area contributed by atoms with E-state index in [9.17, 15) is 14.7 Å². The molecule has 1 aliphatic carbocycles. The third-order valence-electron chi connectivity index (χ3n) is 6.98. The number of carbonyl (C=O) groups excluding carboxylic acids is 2. The van der Waals surface area contributed by atoms with Crippen LogP contribution < -0.4 is 11.1 Å². The number of hydrogen-bond acceptors (Lipinski definition) is 5. The minimum Gasteiger partial charge on any atom is -0.506 e. The summed E-state index contributed by atoms with van der Waals surface area (Å²) < 4.78 is 0. The number of carbonyl (C=O) groups is 2. The normalized spacial score (nSPS) is 19.1. The number of nitrogen functional groups attached to an aromatic ring is 1. The fourth-order valence-electron chi connectivity index (χ4n) is 5.07. The highest BCUT2D eigenvalue weighted by Crippen LogP contribution is 2.50. The van der Waals surface area contributed by atoms with Gasteiger partial charge >= 0.3 is 0 Å². The molecule has 1 spiro atoms. The quantitative estimate of drug-likeness (QED) is 0.435. The molecule has 7 nitrogen and oxygen atoms in total. The highest BCUT2D eigenvalue weighted by atomic mass is 16.3. The first-order valence-corrected chi connectivity index (χ1v) is 11.0. The number of nitrogens with two attached hydrogens (primary N) is 1. The minimum absolute atomic E-state index is 0.0956. The fraction of sp³-hybridized carbons (Fsp3) is 0.320. The first kappa shape index (κ1) is 20.3. The lowest BCUT2D eigenvalue weighted by Gasteiger charge is -2.37. The summed E-state index contributed by atoms with van der Waals surface area (Å²) in [5, 5.41) is 14.7. The molecule has 1 aliphatic heterocycles. The van der Waals surface area contributed by atoms with Crippen molar-refractivity contribution in [2.45, 2.75) is 31.7 Å². The smallest absolute Gasteiger partial charge is 0.254 e. The van der Waals surface area contributed by atoms with E-state index in [0.717, 1.165) is 30.0 Å². The molecule has 1 atom stereocenters. The van der Waals surface area contributed by atoms with Crippen molar-refractivity contribution in [3.63, 3.8) is 0 Å². The maximum absolute atomic E-state index is 13.3. The predicted octanol–water partition coefficient (Wildman–Crippen LogP) is 3.34. The third kappa shape index (κ3) is 3.53. The number of nitrogens with one attached hydrogen (secondary N) is 1. The number of nitrogens with zero attached hydrogens (tertiary/aromatic N) is 2. The van der Waals surface area contributed by atoms with E-state index in [-0.39, 0.29) is 34.7 Å². The molecule has 4 N–H and O–H groups in total. The lowest BCUT2D eigenvalue weighted by molar-refractivity contribution is 0.0686. The molecule has 1 saturated carbocycles. The van der Waals surface area contributed by atoms with Crippen LogP contribution in [0.2, 0.25) is 0 Å². The molecule has 2 heterocycles. The molecule has 1 saturated heterocycles. The van der Waals surface area contributed by atoms with Gasteiger partial charge in [-0.15, -0.1) is 0 Å². The average Bonchev–Trinajstić information content (AvgIpc) is 3.19. The van der Waals surface area contributed by atoms with Gasteiger partial charge in [0.25, 0.3) is 11.8 Å². The second-order valence-electron chi connectivity index (χ2n) is 9.04. The van der Waals surface area contributed by atoms with Crippen molar-refractivity contribution in [1.29, 1.82) is 0 Å². The second kappa shape index (κ2) is 7.82. The van der Waals surface area contributed by atoms with Gasteiger partial charge in [0.05, 0.1) is 11.3 Å². The van der Waals surface area contributed by atoms with E-state index in [2.05, 4.69) is 10.3 Å². The maximum atomic E-state index is 13.3. The van der Waals surface area contributed by atoms with Gasteiger partial charge in [0.1, 0.15) is 5.75 Å². The van der Waals surface area contributed by atoms with Crippen molar-refractivity contribution >= 4 is 28.3 Å². The summed E-state index contributed by atoms with van der Waals surface area (Å²) in [6.45, 7) is 1.05. The monoisotopic (exact) mass is 430 g/mol. The van der Waals surface area contributed by atoms with Gasteiger partial charge in [0.15, 0.2) is 0 Å². The van der Waals surface area contributed by atoms with E-state index < -0.39 is 0 Å². The fourth-order valence-corrected chi connectivity index (χ4v) is 5.07. The topological polar surface area (TPSA) is 109 Å². The van der Waals surface area contributed by atoms with Gasteiger partial charge in [-0.05, 0) is 48.3 Å². The van der Waals surface area contributed by atoms with E-state index in [1.807, 2.05) is 29.2 Å². The number of hydrogen-bond donors (Lipinski definition) is 3. The molecule has 5 rings (SSSR count). The first-order chi connectivity index (χ1) is 15.5. The predicted molar refractivity (Wildman–Crippen MR) is 122 cm³/mol. The summed E-state index contributed by atoms with van der Waals surface area (Å²) in [7, 11) is 0. The Balaban J connectivity index is 1.35. The molecule has 32 heavy (non-hydrogen) atoms.